The van der Waals surface area contributed by atoms with E-state index in [-0.39, 0.29) is 11.8 Å². The molecule has 2 amide bonds. The molecule has 2 atom stereocenters. The molecule has 0 saturated heterocycles. The highest BCUT2D eigenvalue weighted by Crippen LogP contribution is 2.46. The minimum Gasteiger partial charge on any atom is -0.272 e. The lowest BCUT2D eigenvalue weighted by atomic mass is 9.73. The van der Waals surface area contributed by atoms with Crippen LogP contribution in [0, 0.1) is 11.8 Å². The maximum atomic E-state index is 14.5. The number of hydrazone groups is 2. The molecule has 7 heteroatoms. The molecule has 0 spiro atoms. The Morgan fingerprint density at radius 3 is 1.31 bits per heavy atom. The Hall–Kier alpha value is -5.14. The van der Waals surface area contributed by atoms with Gasteiger partial charge in [-0.15, -0.1) is 11.3 Å². The van der Waals surface area contributed by atoms with Crippen molar-refractivity contribution < 1.29 is 9.59 Å². The fraction of sp³-hybridized carbons (Fsp3) is 0.0857. The number of carbonyl (C=O) groups excluding carboxylic acids is 2. The molecule has 1 aromatic heterocycles. The monoisotopic (exact) mass is 566 g/mol. The number of amides is 2. The second-order valence-electron chi connectivity index (χ2n) is 10.2. The number of hydrogen-bond acceptors (Lipinski definition) is 5. The molecule has 2 aliphatic heterocycles. The van der Waals surface area contributed by atoms with E-state index < -0.39 is 17.8 Å². The van der Waals surface area contributed by atoms with Crippen molar-refractivity contribution in [3.05, 3.63) is 155 Å². The van der Waals surface area contributed by atoms with Crippen LogP contribution in [-0.4, -0.2) is 23.2 Å². The molecule has 42 heavy (non-hydrogen) atoms. The summed E-state index contributed by atoms with van der Waals surface area (Å²) in [6.07, 6.45) is 0. The Kier molecular flexibility index (Phi) is 6.78. The standard InChI is InChI=1S/C35H26N4O2S/c40-34-30(32(24-14-5-1-6-15-24)36-38(34)26-18-9-3-10-19-26)29(28-22-13-23-42-28)31-33(25-16-7-2-8-17-25)37-39(35(31)41)27-20-11-4-12-21-27/h1-23,29-31H. The summed E-state index contributed by atoms with van der Waals surface area (Å²) in [5.41, 5.74) is 4.34. The van der Waals surface area contributed by atoms with Gasteiger partial charge in [-0.25, -0.2) is 0 Å². The van der Waals surface area contributed by atoms with Crippen molar-refractivity contribution in [1.29, 1.82) is 0 Å². The van der Waals surface area contributed by atoms with Crippen molar-refractivity contribution in [1.82, 2.24) is 0 Å². The molecule has 0 saturated carbocycles. The zero-order valence-corrected chi connectivity index (χ0v) is 23.3. The lowest BCUT2D eigenvalue weighted by Gasteiger charge is -2.28. The Balaban J connectivity index is 1.42. The maximum Gasteiger partial charge on any atom is 0.257 e. The third-order valence-corrected chi connectivity index (χ3v) is 8.66. The minimum absolute atomic E-state index is 0.170. The van der Waals surface area contributed by atoms with Crippen LogP contribution in [0.5, 0.6) is 0 Å². The lowest BCUT2D eigenvalue weighted by Crippen LogP contribution is -2.41. The van der Waals surface area contributed by atoms with E-state index in [9.17, 15) is 9.59 Å². The van der Waals surface area contributed by atoms with Gasteiger partial charge in [0.2, 0.25) is 0 Å². The van der Waals surface area contributed by atoms with Crippen LogP contribution in [0.3, 0.4) is 0 Å². The first-order chi connectivity index (χ1) is 20.7. The van der Waals surface area contributed by atoms with Crippen LogP contribution in [-0.2, 0) is 9.59 Å². The summed E-state index contributed by atoms with van der Waals surface area (Å²) in [4.78, 5) is 30.0. The highest BCUT2D eigenvalue weighted by Gasteiger charge is 2.52. The topological polar surface area (TPSA) is 65.3 Å². The summed E-state index contributed by atoms with van der Waals surface area (Å²) in [5, 5.41) is 14.8. The molecule has 7 rings (SSSR count). The average molecular weight is 567 g/mol. The van der Waals surface area contributed by atoms with Gasteiger partial charge in [-0.1, -0.05) is 103 Å². The van der Waals surface area contributed by atoms with Crippen molar-refractivity contribution >= 4 is 45.9 Å². The van der Waals surface area contributed by atoms with Gasteiger partial charge < -0.3 is 0 Å². The first kappa shape index (κ1) is 25.8. The fourth-order valence-electron chi connectivity index (χ4n) is 5.79. The van der Waals surface area contributed by atoms with Crippen LogP contribution in [0.2, 0.25) is 0 Å². The number of hydrogen-bond donors (Lipinski definition) is 0. The summed E-state index contributed by atoms with van der Waals surface area (Å²) in [7, 11) is 0. The lowest BCUT2D eigenvalue weighted by molar-refractivity contribution is -0.122. The Labute approximate surface area is 247 Å². The molecule has 0 radical (unpaired) electrons. The van der Waals surface area contributed by atoms with Gasteiger partial charge in [0.05, 0.1) is 34.6 Å². The van der Waals surface area contributed by atoms with Gasteiger partial charge in [-0.3, -0.25) is 9.59 Å². The maximum absolute atomic E-state index is 14.5. The van der Waals surface area contributed by atoms with Crippen LogP contribution in [0.1, 0.15) is 21.9 Å². The van der Waals surface area contributed by atoms with E-state index in [4.69, 9.17) is 10.2 Å². The largest absolute Gasteiger partial charge is 0.272 e. The van der Waals surface area contributed by atoms with Crippen LogP contribution < -0.4 is 10.0 Å². The van der Waals surface area contributed by atoms with Crippen molar-refractivity contribution in [2.24, 2.45) is 22.0 Å². The van der Waals surface area contributed by atoms with E-state index in [1.807, 2.05) is 139 Å². The first-order valence-electron chi connectivity index (χ1n) is 13.8. The van der Waals surface area contributed by atoms with Crippen molar-refractivity contribution in [3.63, 3.8) is 0 Å². The van der Waals surface area contributed by atoms with Crippen molar-refractivity contribution in [3.8, 4) is 0 Å². The number of rotatable bonds is 7. The zero-order chi connectivity index (χ0) is 28.5. The molecule has 5 aromatic rings. The molecule has 2 unspecified atom stereocenters. The molecule has 3 heterocycles. The van der Waals surface area contributed by atoms with E-state index in [1.54, 1.807) is 11.3 Å². The van der Waals surface area contributed by atoms with Crippen molar-refractivity contribution in [2.45, 2.75) is 5.92 Å². The molecular formula is C35H26N4O2S. The molecule has 0 aliphatic carbocycles. The normalized spacial score (nSPS) is 19.1. The van der Waals surface area contributed by atoms with Gasteiger partial charge in [0.25, 0.3) is 11.8 Å². The summed E-state index contributed by atoms with van der Waals surface area (Å²) in [6.45, 7) is 0. The fourth-order valence-corrected chi connectivity index (χ4v) is 6.69. The highest BCUT2D eigenvalue weighted by molar-refractivity contribution is 7.10. The van der Waals surface area contributed by atoms with Gasteiger partial charge in [-0.2, -0.15) is 20.2 Å². The second kappa shape index (κ2) is 11.0. The summed E-state index contributed by atoms with van der Waals surface area (Å²) in [6, 6.07) is 42.4. The van der Waals surface area contributed by atoms with E-state index in [2.05, 4.69) is 0 Å². The Morgan fingerprint density at radius 2 is 0.929 bits per heavy atom. The number of anilines is 2. The van der Waals surface area contributed by atoms with Gasteiger partial charge in [0, 0.05) is 10.8 Å². The van der Waals surface area contributed by atoms with E-state index >= 15 is 0 Å². The third kappa shape index (κ3) is 4.54. The SMILES string of the molecule is O=C1C(C(c2cccs2)C2C(=O)N(c3ccccc3)N=C2c2ccccc2)C(c2ccccc2)=NN1c1ccccc1. The quantitative estimate of drug-likeness (QED) is 0.214. The molecular weight excluding hydrogens is 540 g/mol. The van der Waals surface area contributed by atoms with E-state index in [0.29, 0.717) is 22.8 Å². The van der Waals surface area contributed by atoms with E-state index in [1.165, 1.54) is 10.0 Å². The summed E-state index contributed by atoms with van der Waals surface area (Å²) in [5.74, 6) is -2.31. The second-order valence-corrected chi connectivity index (χ2v) is 11.1. The third-order valence-electron chi connectivity index (χ3n) is 7.68. The molecule has 0 fully saturated rings. The zero-order valence-electron chi connectivity index (χ0n) is 22.5. The smallest absolute Gasteiger partial charge is 0.257 e. The van der Waals surface area contributed by atoms with Gasteiger partial charge in [0.15, 0.2) is 0 Å². The van der Waals surface area contributed by atoms with Crippen LogP contribution >= 0.6 is 11.3 Å². The number of carbonyl (C=O) groups is 2. The number of nitrogens with zero attached hydrogens (tertiary/aromatic N) is 4. The van der Waals surface area contributed by atoms with Gasteiger partial charge in [-0.05, 0) is 46.8 Å². The van der Waals surface area contributed by atoms with E-state index in [0.717, 1.165) is 16.0 Å². The number of para-hydroxylation sites is 2. The average Bonchev–Trinajstić information content (AvgIpc) is 3.79. The molecule has 6 nitrogen and oxygen atoms in total. The summed E-state index contributed by atoms with van der Waals surface area (Å²) >= 11 is 1.55. The molecule has 4 aromatic carbocycles. The molecule has 204 valence electrons. The molecule has 0 bridgehead atoms. The minimum atomic E-state index is -0.718. The Bertz CT molecular complexity index is 1660. The molecule has 0 N–H and O–H groups in total. The predicted molar refractivity (Wildman–Crippen MR) is 168 cm³/mol. The van der Waals surface area contributed by atoms with Gasteiger partial charge in [0.1, 0.15) is 0 Å². The van der Waals surface area contributed by atoms with Crippen molar-refractivity contribution in [2.75, 3.05) is 10.0 Å². The van der Waals surface area contributed by atoms with Gasteiger partial charge >= 0.3 is 0 Å². The van der Waals surface area contributed by atoms with Crippen LogP contribution in [0.15, 0.2) is 149 Å². The Morgan fingerprint density at radius 1 is 0.524 bits per heavy atom. The van der Waals surface area contributed by atoms with Crippen LogP contribution in [0.4, 0.5) is 11.4 Å². The number of thiophene rings is 1. The number of benzene rings is 4. The molecule has 2 aliphatic rings. The first-order valence-corrected chi connectivity index (χ1v) is 14.7. The highest BCUT2D eigenvalue weighted by atomic mass is 32.1. The predicted octanol–water partition coefficient (Wildman–Crippen LogP) is 6.97. The summed E-state index contributed by atoms with van der Waals surface area (Å²) < 4.78 is 0. The van der Waals surface area contributed by atoms with Crippen LogP contribution in [0.25, 0.3) is 0 Å².